The van der Waals surface area contributed by atoms with Crippen molar-refractivity contribution in [1.82, 2.24) is 0 Å². The van der Waals surface area contributed by atoms with Crippen LogP contribution in [0.3, 0.4) is 0 Å². The lowest BCUT2D eigenvalue weighted by Crippen LogP contribution is -2.30. The summed E-state index contributed by atoms with van der Waals surface area (Å²) in [6.07, 6.45) is 59.9. The first-order chi connectivity index (χ1) is 28.6. The van der Waals surface area contributed by atoms with E-state index in [-0.39, 0.29) is 25.2 Å². The highest BCUT2D eigenvalue weighted by Crippen LogP contribution is 2.16. The Morgan fingerprint density at radius 3 is 1.22 bits per heavy atom. The topological polar surface area (TPSA) is 61.8 Å². The molecule has 0 aromatic heterocycles. The molecule has 5 heteroatoms. The smallest absolute Gasteiger partial charge is 0.306 e. The van der Waals surface area contributed by atoms with Gasteiger partial charge in [0.05, 0.1) is 6.61 Å². The number of carbonyl (C=O) groups is 2. The number of allylic oxidation sites excluding steroid dienone is 8. The molecule has 0 saturated carbocycles. The van der Waals surface area contributed by atoms with Crippen LogP contribution in [0, 0.1) is 0 Å². The maximum absolute atomic E-state index is 12.7. The molecule has 0 aromatic rings. The summed E-state index contributed by atoms with van der Waals surface area (Å²) in [5.41, 5.74) is 0. The van der Waals surface area contributed by atoms with Crippen LogP contribution in [-0.2, 0) is 23.8 Å². The lowest BCUT2D eigenvalue weighted by atomic mass is 10.0. The van der Waals surface area contributed by atoms with Crippen LogP contribution in [0.15, 0.2) is 48.6 Å². The first kappa shape index (κ1) is 55.9. The molecule has 0 aromatic carbocycles. The van der Waals surface area contributed by atoms with E-state index in [4.69, 9.17) is 14.2 Å². The minimum Gasteiger partial charge on any atom is -0.462 e. The van der Waals surface area contributed by atoms with Crippen LogP contribution in [0.2, 0.25) is 0 Å². The van der Waals surface area contributed by atoms with E-state index in [1.54, 1.807) is 0 Å². The maximum atomic E-state index is 12.7. The zero-order chi connectivity index (χ0) is 42.1. The van der Waals surface area contributed by atoms with E-state index in [2.05, 4.69) is 69.4 Å². The SMILES string of the molecule is CC/C=C\C/C=C\C/C=C\C/C=C\CCCCCOCC(COC(=O)CCCCCCCCCCCCCCCCCCCCC)OC(=O)CCCCCCCCC. The Morgan fingerprint density at radius 2 is 0.776 bits per heavy atom. The second kappa shape index (κ2) is 49.2. The van der Waals surface area contributed by atoms with Crippen molar-refractivity contribution in [2.45, 2.75) is 258 Å². The normalized spacial score (nSPS) is 12.5. The van der Waals surface area contributed by atoms with Crippen LogP contribution in [0.25, 0.3) is 0 Å². The van der Waals surface area contributed by atoms with Gasteiger partial charge in [-0.2, -0.15) is 0 Å². The molecule has 0 radical (unpaired) electrons. The summed E-state index contributed by atoms with van der Waals surface area (Å²) in [7, 11) is 0. The molecule has 0 aliphatic heterocycles. The molecule has 1 unspecified atom stereocenters. The summed E-state index contributed by atoms with van der Waals surface area (Å²) < 4.78 is 17.3. The Bertz CT molecular complexity index is 966. The monoisotopic (exact) mass is 813 g/mol. The van der Waals surface area contributed by atoms with E-state index in [0.29, 0.717) is 19.4 Å². The highest BCUT2D eigenvalue weighted by Gasteiger charge is 2.17. The largest absolute Gasteiger partial charge is 0.462 e. The first-order valence-electron chi connectivity index (χ1n) is 25.2. The van der Waals surface area contributed by atoms with Crippen molar-refractivity contribution in [3.63, 3.8) is 0 Å². The summed E-state index contributed by atoms with van der Waals surface area (Å²) in [6.45, 7) is 7.64. The van der Waals surface area contributed by atoms with Gasteiger partial charge in [0.15, 0.2) is 6.10 Å². The summed E-state index contributed by atoms with van der Waals surface area (Å²) in [5.74, 6) is -0.411. The highest BCUT2D eigenvalue weighted by molar-refractivity contribution is 5.70. The molecule has 0 fully saturated rings. The van der Waals surface area contributed by atoms with E-state index in [1.807, 2.05) is 0 Å². The third kappa shape index (κ3) is 46.5. The van der Waals surface area contributed by atoms with Gasteiger partial charge in [0.1, 0.15) is 6.61 Å². The maximum Gasteiger partial charge on any atom is 0.306 e. The summed E-state index contributed by atoms with van der Waals surface area (Å²) in [6, 6.07) is 0. The average Bonchev–Trinajstić information content (AvgIpc) is 3.22. The average molecular weight is 813 g/mol. The predicted octanol–water partition coefficient (Wildman–Crippen LogP) is 16.8. The zero-order valence-corrected chi connectivity index (χ0v) is 38.8. The number of unbranched alkanes of at least 4 members (excludes halogenated alkanes) is 27. The molecule has 0 saturated heterocycles. The fourth-order valence-corrected chi connectivity index (χ4v) is 7.15. The number of esters is 2. The van der Waals surface area contributed by atoms with Crippen molar-refractivity contribution in [3.05, 3.63) is 48.6 Å². The van der Waals surface area contributed by atoms with Gasteiger partial charge in [-0.3, -0.25) is 9.59 Å². The van der Waals surface area contributed by atoms with Gasteiger partial charge in [-0.05, 0) is 57.8 Å². The van der Waals surface area contributed by atoms with Crippen molar-refractivity contribution in [1.29, 1.82) is 0 Å². The summed E-state index contributed by atoms with van der Waals surface area (Å²) in [4.78, 5) is 25.2. The second-order valence-electron chi connectivity index (χ2n) is 16.7. The molecule has 0 aliphatic carbocycles. The highest BCUT2D eigenvalue weighted by atomic mass is 16.6. The predicted molar refractivity (Wildman–Crippen MR) is 251 cm³/mol. The molecule has 0 bridgehead atoms. The molecule has 0 N–H and O–H groups in total. The quantitative estimate of drug-likeness (QED) is 0.0348. The molecule has 1 atom stereocenters. The Labute approximate surface area is 361 Å². The summed E-state index contributed by atoms with van der Waals surface area (Å²) in [5, 5.41) is 0. The number of hydrogen-bond donors (Lipinski definition) is 0. The molecule has 5 nitrogen and oxygen atoms in total. The van der Waals surface area contributed by atoms with E-state index in [9.17, 15) is 9.59 Å². The van der Waals surface area contributed by atoms with Crippen molar-refractivity contribution in [3.8, 4) is 0 Å². The lowest BCUT2D eigenvalue weighted by molar-refractivity contribution is -0.163. The van der Waals surface area contributed by atoms with Crippen molar-refractivity contribution >= 4 is 11.9 Å². The lowest BCUT2D eigenvalue weighted by Gasteiger charge is -2.18. The Hall–Kier alpha value is -2.14. The van der Waals surface area contributed by atoms with Gasteiger partial charge in [0.2, 0.25) is 0 Å². The first-order valence-corrected chi connectivity index (χ1v) is 25.2. The Balaban J connectivity index is 4.12. The number of carbonyl (C=O) groups excluding carboxylic acids is 2. The van der Waals surface area contributed by atoms with Crippen molar-refractivity contribution in [2.75, 3.05) is 19.8 Å². The second-order valence-corrected chi connectivity index (χ2v) is 16.7. The fraction of sp³-hybridized carbons (Fsp3) is 0.811. The number of rotatable bonds is 46. The third-order valence-electron chi connectivity index (χ3n) is 10.9. The van der Waals surface area contributed by atoms with Gasteiger partial charge in [-0.25, -0.2) is 0 Å². The van der Waals surface area contributed by atoms with E-state index >= 15 is 0 Å². The minimum atomic E-state index is -0.546. The molecule has 0 amide bonds. The van der Waals surface area contributed by atoms with E-state index in [0.717, 1.165) is 77.0 Å². The fourth-order valence-electron chi connectivity index (χ4n) is 7.15. The standard InChI is InChI=1S/C53H96O5/c1-4-7-10-13-16-18-20-22-24-26-27-28-29-31-33-35-38-40-43-46-52(54)57-50-51(58-53(55)47-44-41-37-15-12-9-6-3)49-56-48-45-42-39-36-34-32-30-25-23-21-19-17-14-11-8-5-2/h8,11,17,19,23,25,32,34,51H,4-7,9-10,12-16,18,20-22,24,26-31,33,35-50H2,1-3H3/b11-8-,19-17-,25-23-,34-32-. The molecular formula is C53H96O5. The molecule has 58 heavy (non-hydrogen) atoms. The third-order valence-corrected chi connectivity index (χ3v) is 10.9. The van der Waals surface area contributed by atoms with E-state index < -0.39 is 6.10 Å². The number of hydrogen-bond acceptors (Lipinski definition) is 5. The van der Waals surface area contributed by atoms with Crippen LogP contribution in [-0.4, -0.2) is 37.9 Å². The van der Waals surface area contributed by atoms with Gasteiger partial charge < -0.3 is 14.2 Å². The molecule has 0 heterocycles. The van der Waals surface area contributed by atoms with Crippen LogP contribution >= 0.6 is 0 Å². The molecule has 0 rings (SSSR count). The Kier molecular flexibility index (Phi) is 47.4. The van der Waals surface area contributed by atoms with Crippen LogP contribution in [0.1, 0.15) is 252 Å². The molecule has 338 valence electrons. The van der Waals surface area contributed by atoms with Crippen molar-refractivity contribution in [2.24, 2.45) is 0 Å². The van der Waals surface area contributed by atoms with Crippen LogP contribution in [0.5, 0.6) is 0 Å². The van der Waals surface area contributed by atoms with Crippen LogP contribution in [0.4, 0.5) is 0 Å². The van der Waals surface area contributed by atoms with Gasteiger partial charge in [0, 0.05) is 19.4 Å². The van der Waals surface area contributed by atoms with Gasteiger partial charge in [-0.15, -0.1) is 0 Å². The molecule has 0 aliphatic rings. The van der Waals surface area contributed by atoms with Gasteiger partial charge in [0.25, 0.3) is 0 Å². The molecular weight excluding hydrogens is 717 g/mol. The van der Waals surface area contributed by atoms with Crippen molar-refractivity contribution < 1.29 is 23.8 Å². The molecule has 0 spiro atoms. The van der Waals surface area contributed by atoms with Crippen LogP contribution < -0.4 is 0 Å². The van der Waals surface area contributed by atoms with E-state index in [1.165, 1.54) is 141 Å². The summed E-state index contributed by atoms with van der Waals surface area (Å²) >= 11 is 0. The minimum absolute atomic E-state index is 0.0759. The number of ether oxygens (including phenoxy) is 3. The zero-order valence-electron chi connectivity index (χ0n) is 38.8. The Morgan fingerprint density at radius 1 is 0.397 bits per heavy atom. The van der Waals surface area contributed by atoms with Gasteiger partial charge in [-0.1, -0.05) is 230 Å². The van der Waals surface area contributed by atoms with Gasteiger partial charge >= 0.3 is 11.9 Å².